The van der Waals surface area contributed by atoms with E-state index in [4.69, 9.17) is 10.5 Å². The second-order valence-electron chi connectivity index (χ2n) is 6.53. The Morgan fingerprint density at radius 1 is 1.38 bits per heavy atom. The van der Waals surface area contributed by atoms with Crippen molar-refractivity contribution in [2.24, 2.45) is 10.7 Å². The molecule has 0 radical (unpaired) electrons. The monoisotopic (exact) mass is 511 g/mol. The van der Waals surface area contributed by atoms with Gasteiger partial charge in [0.2, 0.25) is 5.91 Å². The molecule has 2 aromatic rings. The van der Waals surface area contributed by atoms with Crippen LogP contribution >= 0.6 is 22.6 Å². The minimum Gasteiger partial charge on any atom is -0.487 e. The molecule has 0 saturated carbocycles. The second kappa shape index (κ2) is 9.97. The summed E-state index contributed by atoms with van der Waals surface area (Å²) in [4.78, 5) is 24.1. The molecule has 9 heteroatoms. The third-order valence-electron chi connectivity index (χ3n) is 4.72. The van der Waals surface area contributed by atoms with E-state index in [1.807, 2.05) is 30.0 Å². The predicted octanol–water partition coefficient (Wildman–Crippen LogP) is 2.60. The van der Waals surface area contributed by atoms with Crippen LogP contribution in [0.15, 0.2) is 41.5 Å². The Bertz CT molecular complexity index is 895. The number of amides is 1. The molecular formula is C20H23FIN5O2. The number of halogens is 2. The zero-order chi connectivity index (χ0) is 20.8. The number of primary amides is 1. The van der Waals surface area contributed by atoms with Gasteiger partial charge in [-0.1, -0.05) is 6.92 Å². The van der Waals surface area contributed by atoms with Gasteiger partial charge in [-0.05, 0) is 59.5 Å². The third kappa shape index (κ3) is 5.41. The Kier molecular flexibility index (Phi) is 7.37. The van der Waals surface area contributed by atoms with Crippen molar-refractivity contribution in [1.29, 1.82) is 0 Å². The maximum absolute atomic E-state index is 13.6. The first-order chi connectivity index (χ1) is 14.0. The molecule has 0 spiro atoms. The molecule has 1 amide bonds. The number of fused-ring (bicyclic) bond motifs is 1. The van der Waals surface area contributed by atoms with Gasteiger partial charge < -0.3 is 15.4 Å². The van der Waals surface area contributed by atoms with Crippen LogP contribution in [0, 0.1) is 9.52 Å². The van der Waals surface area contributed by atoms with Crippen LogP contribution in [0.1, 0.15) is 6.92 Å². The largest absolute Gasteiger partial charge is 0.487 e. The van der Waals surface area contributed by atoms with Crippen molar-refractivity contribution >= 4 is 46.1 Å². The number of hydrogen-bond acceptors (Lipinski definition) is 6. The van der Waals surface area contributed by atoms with E-state index in [-0.39, 0.29) is 5.75 Å². The van der Waals surface area contributed by atoms with E-state index in [0.717, 1.165) is 21.5 Å². The number of nitrogens with zero attached hydrogens (tertiary/aromatic N) is 4. The summed E-state index contributed by atoms with van der Waals surface area (Å²) >= 11 is 2.23. The molecule has 1 aliphatic heterocycles. The highest BCUT2D eigenvalue weighted by atomic mass is 127. The van der Waals surface area contributed by atoms with Crippen molar-refractivity contribution < 1.29 is 13.9 Å². The van der Waals surface area contributed by atoms with Crippen LogP contribution in [-0.2, 0) is 4.79 Å². The average molecular weight is 511 g/mol. The summed E-state index contributed by atoms with van der Waals surface area (Å²) in [7, 11) is 0. The Balaban J connectivity index is 1.62. The van der Waals surface area contributed by atoms with Crippen LogP contribution in [0.25, 0.3) is 0 Å². The van der Waals surface area contributed by atoms with Gasteiger partial charge in [0, 0.05) is 35.6 Å². The second-order valence-corrected chi connectivity index (χ2v) is 7.77. The van der Waals surface area contributed by atoms with Crippen LogP contribution in [0.2, 0.25) is 0 Å². The number of hydrogen-bond donors (Lipinski definition) is 1. The highest BCUT2D eigenvalue weighted by Gasteiger charge is 2.28. The highest BCUT2D eigenvalue weighted by molar-refractivity contribution is 14.1. The topological polar surface area (TPSA) is 84.1 Å². The maximum Gasteiger partial charge on any atom is 0.255 e. The van der Waals surface area contributed by atoms with Gasteiger partial charge in [0.25, 0.3) is 5.95 Å². The van der Waals surface area contributed by atoms with Gasteiger partial charge in [-0.15, -0.1) is 0 Å². The molecule has 154 valence electrons. The molecule has 29 heavy (non-hydrogen) atoms. The van der Waals surface area contributed by atoms with E-state index in [9.17, 15) is 9.18 Å². The number of likely N-dealkylation sites (N-methyl/N-ethyl adjacent to an activating group) is 1. The number of aromatic nitrogens is 1. The molecule has 2 N–H and O–H groups in total. The Labute approximate surface area is 182 Å². The average Bonchev–Trinajstić information content (AvgIpc) is 2.71. The summed E-state index contributed by atoms with van der Waals surface area (Å²) in [5.41, 5.74) is 7.31. The van der Waals surface area contributed by atoms with Gasteiger partial charge in [0.05, 0.1) is 11.4 Å². The van der Waals surface area contributed by atoms with Gasteiger partial charge in [-0.3, -0.25) is 14.7 Å². The normalized spacial score (nSPS) is 15.4. The summed E-state index contributed by atoms with van der Waals surface area (Å²) in [6.45, 7) is 5.09. The van der Waals surface area contributed by atoms with E-state index in [0.29, 0.717) is 26.2 Å². The fourth-order valence-corrected chi connectivity index (χ4v) is 3.63. The zero-order valence-corrected chi connectivity index (χ0v) is 18.3. The molecule has 1 aromatic carbocycles. The quantitative estimate of drug-likeness (QED) is 0.414. The van der Waals surface area contributed by atoms with Crippen molar-refractivity contribution in [2.75, 3.05) is 37.7 Å². The molecule has 0 bridgehead atoms. The van der Waals surface area contributed by atoms with Crippen molar-refractivity contribution in [2.45, 2.75) is 13.0 Å². The number of anilines is 1. The smallest absolute Gasteiger partial charge is 0.255 e. The SMILES string of the molecule is CCN(CCOc1cccnc1F)CCN1c2ccc(I)cc2N=CC1C(N)=O. The van der Waals surface area contributed by atoms with Gasteiger partial charge in [0.1, 0.15) is 12.6 Å². The van der Waals surface area contributed by atoms with E-state index >= 15 is 0 Å². The van der Waals surface area contributed by atoms with Crippen molar-refractivity contribution in [3.05, 3.63) is 46.0 Å². The Morgan fingerprint density at radius 2 is 2.21 bits per heavy atom. The van der Waals surface area contributed by atoms with E-state index < -0.39 is 17.9 Å². The van der Waals surface area contributed by atoms with Crippen LogP contribution in [0.5, 0.6) is 5.75 Å². The molecule has 2 heterocycles. The first-order valence-electron chi connectivity index (χ1n) is 9.35. The van der Waals surface area contributed by atoms with Crippen LogP contribution in [-0.4, -0.2) is 60.8 Å². The number of carbonyl (C=O) groups is 1. The van der Waals surface area contributed by atoms with Gasteiger partial charge in [-0.25, -0.2) is 4.98 Å². The number of nitrogens with two attached hydrogens (primary N) is 1. The molecule has 1 aromatic heterocycles. The van der Waals surface area contributed by atoms with Crippen molar-refractivity contribution in [1.82, 2.24) is 9.88 Å². The minimum absolute atomic E-state index is 0.146. The lowest BCUT2D eigenvalue weighted by Crippen LogP contribution is -2.50. The maximum atomic E-state index is 13.6. The zero-order valence-electron chi connectivity index (χ0n) is 16.1. The summed E-state index contributed by atoms with van der Waals surface area (Å²) in [5, 5.41) is 0. The summed E-state index contributed by atoms with van der Waals surface area (Å²) < 4.78 is 20.1. The van der Waals surface area contributed by atoms with Gasteiger partial charge in [-0.2, -0.15) is 4.39 Å². The lowest BCUT2D eigenvalue weighted by atomic mass is 10.1. The van der Waals surface area contributed by atoms with E-state index in [1.54, 1.807) is 18.3 Å². The molecule has 3 rings (SSSR count). The Morgan fingerprint density at radius 3 is 2.93 bits per heavy atom. The van der Waals surface area contributed by atoms with Crippen molar-refractivity contribution in [3.63, 3.8) is 0 Å². The van der Waals surface area contributed by atoms with Crippen LogP contribution in [0.3, 0.4) is 0 Å². The molecule has 0 fully saturated rings. The predicted molar refractivity (Wildman–Crippen MR) is 119 cm³/mol. The van der Waals surface area contributed by atoms with Crippen molar-refractivity contribution in [3.8, 4) is 5.75 Å². The number of pyridine rings is 1. The van der Waals surface area contributed by atoms with Gasteiger partial charge >= 0.3 is 0 Å². The molecule has 0 saturated heterocycles. The van der Waals surface area contributed by atoms with Gasteiger partial charge in [0.15, 0.2) is 5.75 Å². The number of carbonyl (C=O) groups excluding carboxylic acids is 1. The fourth-order valence-electron chi connectivity index (χ4n) is 3.15. The fraction of sp³-hybridized carbons (Fsp3) is 0.350. The first-order valence-corrected chi connectivity index (χ1v) is 10.4. The molecule has 0 aliphatic carbocycles. The lowest BCUT2D eigenvalue weighted by Gasteiger charge is -2.35. The van der Waals surface area contributed by atoms with E-state index in [1.165, 1.54) is 6.20 Å². The molecule has 1 aliphatic rings. The van der Waals surface area contributed by atoms with Crippen LogP contribution in [0.4, 0.5) is 15.8 Å². The Hall–Kier alpha value is -2.27. The molecule has 1 unspecified atom stereocenters. The summed E-state index contributed by atoms with van der Waals surface area (Å²) in [6.07, 6.45) is 2.99. The number of aliphatic imine (C=N–C) groups is 1. The number of ether oxygens (including phenoxy) is 1. The minimum atomic E-state index is -0.612. The first kappa shape index (κ1) is 21.4. The third-order valence-corrected chi connectivity index (χ3v) is 5.39. The standard InChI is InChI=1S/C20H23FIN5O2/c1-2-26(10-11-29-18-4-3-7-24-19(18)21)8-9-27-16-6-5-14(22)12-15(16)25-13-17(27)20(23)28/h3-7,12-13,17H,2,8-11H2,1H3,(H2,23,28). The summed E-state index contributed by atoms with van der Waals surface area (Å²) in [5.74, 6) is -0.900. The molecule has 1 atom stereocenters. The molecular weight excluding hydrogens is 488 g/mol. The van der Waals surface area contributed by atoms with Crippen LogP contribution < -0.4 is 15.4 Å². The summed E-state index contributed by atoms with van der Waals surface area (Å²) in [6, 6.07) is 8.54. The number of rotatable bonds is 9. The highest BCUT2D eigenvalue weighted by Crippen LogP contribution is 2.34. The lowest BCUT2D eigenvalue weighted by molar-refractivity contribution is -0.117. The number of benzene rings is 1. The molecule has 7 nitrogen and oxygen atoms in total. The van der Waals surface area contributed by atoms with E-state index in [2.05, 4.69) is 37.5 Å².